The van der Waals surface area contributed by atoms with E-state index < -0.39 is 17.3 Å². The summed E-state index contributed by atoms with van der Waals surface area (Å²) in [5.74, 6) is -0.324. The van der Waals surface area contributed by atoms with Crippen LogP contribution in [0.3, 0.4) is 0 Å². The Balaban J connectivity index is 1.70. The Morgan fingerprint density at radius 3 is 2.61 bits per heavy atom. The topological polar surface area (TPSA) is 73.9 Å². The Bertz CT molecular complexity index is 724. The lowest BCUT2D eigenvalue weighted by molar-refractivity contribution is 0.0994. The van der Waals surface area contributed by atoms with Gasteiger partial charge in [0.05, 0.1) is 12.6 Å². The van der Waals surface area contributed by atoms with E-state index in [1.54, 1.807) is 12.1 Å². The lowest BCUT2D eigenvalue weighted by Gasteiger charge is -2.24. The molecule has 0 unspecified atom stereocenters. The van der Waals surface area contributed by atoms with Crippen LogP contribution in [0.15, 0.2) is 45.8 Å². The first kappa shape index (κ1) is 15.7. The Kier molecular flexibility index (Phi) is 4.45. The number of rotatable bonds is 6. The van der Waals surface area contributed by atoms with Gasteiger partial charge in [0.1, 0.15) is 17.8 Å². The first-order valence-corrected chi connectivity index (χ1v) is 7.51. The van der Waals surface area contributed by atoms with Crippen molar-refractivity contribution in [2.45, 2.75) is 31.5 Å². The van der Waals surface area contributed by atoms with Gasteiger partial charge in [-0.2, -0.15) is 0 Å². The predicted molar refractivity (Wildman–Crippen MR) is 81.4 cm³/mol. The molecule has 1 aromatic heterocycles. The SMILES string of the molecule is O=c1cc(CN(C[C@H](O)c2ccc(F)cc2)C2CC2)occ1O. The molecule has 1 saturated carbocycles. The fraction of sp³-hybridized carbons (Fsp3) is 0.353. The molecule has 2 aromatic rings. The van der Waals surface area contributed by atoms with Gasteiger partial charge in [0.2, 0.25) is 5.43 Å². The second kappa shape index (κ2) is 6.52. The van der Waals surface area contributed by atoms with E-state index in [1.165, 1.54) is 18.2 Å². The number of aliphatic hydroxyl groups is 1. The lowest BCUT2D eigenvalue weighted by Crippen LogP contribution is -2.30. The highest BCUT2D eigenvalue weighted by atomic mass is 19.1. The average molecular weight is 319 g/mol. The highest BCUT2D eigenvalue weighted by Crippen LogP contribution is 2.30. The van der Waals surface area contributed by atoms with Crippen molar-refractivity contribution in [3.8, 4) is 5.75 Å². The first-order valence-electron chi connectivity index (χ1n) is 7.51. The van der Waals surface area contributed by atoms with Crippen LogP contribution in [0.2, 0.25) is 0 Å². The third-order valence-corrected chi connectivity index (χ3v) is 3.95. The summed E-state index contributed by atoms with van der Waals surface area (Å²) in [6.45, 7) is 0.735. The van der Waals surface area contributed by atoms with Gasteiger partial charge in [-0.3, -0.25) is 9.69 Å². The van der Waals surface area contributed by atoms with Crippen LogP contribution in [-0.2, 0) is 6.54 Å². The van der Waals surface area contributed by atoms with Crippen LogP contribution in [0.4, 0.5) is 4.39 Å². The maximum Gasteiger partial charge on any atom is 0.226 e. The van der Waals surface area contributed by atoms with Gasteiger partial charge in [0.25, 0.3) is 0 Å². The molecule has 1 aliphatic rings. The van der Waals surface area contributed by atoms with E-state index in [1.807, 2.05) is 4.90 Å². The quantitative estimate of drug-likeness (QED) is 0.854. The maximum absolute atomic E-state index is 13.0. The Labute approximate surface area is 132 Å². The number of hydrogen-bond donors (Lipinski definition) is 2. The zero-order valence-electron chi connectivity index (χ0n) is 12.5. The van der Waals surface area contributed by atoms with E-state index >= 15 is 0 Å². The number of benzene rings is 1. The Hall–Kier alpha value is -2.18. The highest BCUT2D eigenvalue weighted by Gasteiger charge is 2.31. The molecule has 0 radical (unpaired) electrons. The van der Waals surface area contributed by atoms with Crippen LogP contribution in [0.1, 0.15) is 30.3 Å². The monoisotopic (exact) mass is 319 g/mol. The lowest BCUT2D eigenvalue weighted by atomic mass is 10.1. The molecule has 122 valence electrons. The summed E-state index contributed by atoms with van der Waals surface area (Å²) in [6.07, 6.45) is 2.33. The van der Waals surface area contributed by atoms with E-state index in [4.69, 9.17) is 4.42 Å². The summed E-state index contributed by atoms with van der Waals surface area (Å²) in [5.41, 5.74) is 0.158. The van der Waals surface area contributed by atoms with Gasteiger partial charge in [-0.05, 0) is 30.5 Å². The van der Waals surface area contributed by atoms with Crippen molar-refractivity contribution in [2.75, 3.05) is 6.54 Å². The van der Waals surface area contributed by atoms with Crippen LogP contribution >= 0.6 is 0 Å². The van der Waals surface area contributed by atoms with E-state index in [-0.39, 0.29) is 5.82 Å². The minimum absolute atomic E-state index is 0.337. The predicted octanol–water partition coefficient (Wildman–Crippen LogP) is 2.18. The zero-order chi connectivity index (χ0) is 16.4. The minimum atomic E-state index is -0.750. The number of hydrogen-bond acceptors (Lipinski definition) is 5. The molecule has 0 aliphatic heterocycles. The van der Waals surface area contributed by atoms with Crippen molar-refractivity contribution in [3.63, 3.8) is 0 Å². The molecule has 1 heterocycles. The summed E-state index contributed by atoms with van der Waals surface area (Å²) in [4.78, 5) is 13.5. The summed E-state index contributed by atoms with van der Waals surface area (Å²) in [6, 6.07) is 7.36. The van der Waals surface area contributed by atoms with Gasteiger partial charge in [-0.25, -0.2) is 4.39 Å². The molecular weight excluding hydrogens is 301 g/mol. The summed E-state index contributed by atoms with van der Waals surface area (Å²) in [5, 5.41) is 19.6. The smallest absolute Gasteiger partial charge is 0.226 e. The van der Waals surface area contributed by atoms with Gasteiger partial charge < -0.3 is 14.6 Å². The molecule has 6 heteroatoms. The van der Waals surface area contributed by atoms with Crippen molar-refractivity contribution >= 4 is 0 Å². The Morgan fingerprint density at radius 1 is 1.30 bits per heavy atom. The molecule has 1 aliphatic carbocycles. The fourth-order valence-corrected chi connectivity index (χ4v) is 2.52. The largest absolute Gasteiger partial charge is 0.502 e. The van der Waals surface area contributed by atoms with Gasteiger partial charge in [0.15, 0.2) is 5.75 Å². The van der Waals surface area contributed by atoms with E-state index in [9.17, 15) is 19.4 Å². The van der Waals surface area contributed by atoms with Crippen molar-refractivity contribution in [3.05, 3.63) is 64.0 Å². The molecule has 1 fully saturated rings. The molecule has 1 atom stereocenters. The third kappa shape index (κ3) is 3.97. The Morgan fingerprint density at radius 2 is 2.00 bits per heavy atom. The van der Waals surface area contributed by atoms with Crippen molar-refractivity contribution in [1.29, 1.82) is 0 Å². The van der Waals surface area contributed by atoms with Crippen LogP contribution in [-0.4, -0.2) is 27.7 Å². The van der Waals surface area contributed by atoms with E-state index in [0.717, 1.165) is 19.1 Å². The number of halogens is 1. The molecule has 0 saturated heterocycles. The zero-order valence-corrected chi connectivity index (χ0v) is 12.5. The third-order valence-electron chi connectivity index (χ3n) is 3.95. The summed E-state index contributed by atoms with van der Waals surface area (Å²) in [7, 11) is 0. The van der Waals surface area contributed by atoms with E-state index in [0.29, 0.717) is 30.5 Å². The summed E-state index contributed by atoms with van der Waals surface area (Å²) >= 11 is 0. The van der Waals surface area contributed by atoms with Crippen LogP contribution in [0.5, 0.6) is 5.75 Å². The first-order chi connectivity index (χ1) is 11.0. The van der Waals surface area contributed by atoms with Gasteiger partial charge >= 0.3 is 0 Å². The second-order valence-electron chi connectivity index (χ2n) is 5.82. The highest BCUT2D eigenvalue weighted by molar-refractivity contribution is 5.19. The van der Waals surface area contributed by atoms with Crippen LogP contribution < -0.4 is 5.43 Å². The van der Waals surface area contributed by atoms with Crippen LogP contribution in [0, 0.1) is 5.82 Å². The van der Waals surface area contributed by atoms with Crippen molar-refractivity contribution in [2.24, 2.45) is 0 Å². The van der Waals surface area contributed by atoms with Crippen molar-refractivity contribution < 1.29 is 19.0 Å². The molecule has 2 N–H and O–H groups in total. The van der Waals surface area contributed by atoms with Gasteiger partial charge in [0, 0.05) is 18.7 Å². The number of aliphatic hydroxyl groups excluding tert-OH is 1. The van der Waals surface area contributed by atoms with Crippen molar-refractivity contribution in [1.82, 2.24) is 4.90 Å². The molecule has 3 rings (SSSR count). The standard InChI is InChI=1S/C17H18FNO4/c18-12-3-1-11(2-4-12)16(21)9-19(13-5-6-13)8-14-7-15(20)17(22)10-23-14/h1-4,7,10,13,16,21-22H,5-6,8-9H2/t16-/m0/s1. The van der Waals surface area contributed by atoms with Gasteiger partial charge in [-0.15, -0.1) is 0 Å². The second-order valence-corrected chi connectivity index (χ2v) is 5.82. The maximum atomic E-state index is 13.0. The normalized spacial score (nSPS) is 15.8. The summed E-state index contributed by atoms with van der Waals surface area (Å²) < 4.78 is 18.2. The molecule has 1 aromatic carbocycles. The van der Waals surface area contributed by atoms with Gasteiger partial charge in [-0.1, -0.05) is 12.1 Å². The molecule has 0 spiro atoms. The fourth-order valence-electron chi connectivity index (χ4n) is 2.52. The number of nitrogens with zero attached hydrogens (tertiary/aromatic N) is 1. The molecule has 23 heavy (non-hydrogen) atoms. The molecule has 5 nitrogen and oxygen atoms in total. The molecule has 0 bridgehead atoms. The average Bonchev–Trinajstić information content (AvgIpc) is 3.35. The minimum Gasteiger partial charge on any atom is -0.502 e. The molecular formula is C17H18FNO4. The molecule has 0 amide bonds. The number of aromatic hydroxyl groups is 1. The van der Waals surface area contributed by atoms with E-state index in [2.05, 4.69) is 0 Å². The van der Waals surface area contributed by atoms with Crippen LogP contribution in [0.25, 0.3) is 0 Å².